The zero-order valence-electron chi connectivity index (χ0n) is 11.6. The Hall–Kier alpha value is -1.56. The lowest BCUT2D eigenvalue weighted by Gasteiger charge is -2.21. The van der Waals surface area contributed by atoms with E-state index in [-0.39, 0.29) is 18.5 Å². The Bertz CT molecular complexity index is 452. The highest BCUT2D eigenvalue weighted by molar-refractivity contribution is 5.94. The zero-order chi connectivity index (χ0) is 15.3. The summed E-state index contributed by atoms with van der Waals surface area (Å²) >= 11 is 0. The van der Waals surface area contributed by atoms with Crippen LogP contribution in [0.25, 0.3) is 0 Å². The van der Waals surface area contributed by atoms with Crippen LogP contribution in [0.15, 0.2) is 12.1 Å². The number of benzene rings is 1. The second kappa shape index (κ2) is 7.28. The van der Waals surface area contributed by atoms with Gasteiger partial charge in [0.2, 0.25) is 0 Å². The minimum atomic E-state index is -1.23. The lowest BCUT2D eigenvalue weighted by atomic mass is 9.95. The van der Waals surface area contributed by atoms with Gasteiger partial charge in [-0.25, -0.2) is 13.2 Å². The maximum atomic E-state index is 13.4. The maximum Gasteiger partial charge on any atom is 0.257 e. The summed E-state index contributed by atoms with van der Waals surface area (Å²) < 4.78 is 39.6. The van der Waals surface area contributed by atoms with Crippen molar-refractivity contribution in [3.63, 3.8) is 0 Å². The van der Waals surface area contributed by atoms with Crippen LogP contribution in [-0.4, -0.2) is 18.5 Å². The summed E-state index contributed by atoms with van der Waals surface area (Å²) in [5.74, 6) is -4.22. The number of nitrogens with one attached hydrogen (secondary N) is 1. The number of rotatable bonds is 6. The highest BCUT2D eigenvalue weighted by atomic mass is 19.1. The molecule has 0 spiro atoms. The normalized spacial score (nSPS) is 12.6. The molecule has 1 amide bonds. The maximum absolute atomic E-state index is 13.4. The van der Waals surface area contributed by atoms with Gasteiger partial charge in [-0.3, -0.25) is 4.79 Å². The molecule has 0 saturated carbocycles. The molecule has 20 heavy (non-hydrogen) atoms. The molecule has 0 bridgehead atoms. The lowest BCUT2D eigenvalue weighted by molar-refractivity contribution is 0.0939. The second-order valence-electron chi connectivity index (χ2n) is 4.69. The van der Waals surface area contributed by atoms with Gasteiger partial charge in [-0.1, -0.05) is 26.7 Å². The van der Waals surface area contributed by atoms with Gasteiger partial charge < -0.3 is 11.1 Å². The van der Waals surface area contributed by atoms with Crippen LogP contribution in [0.4, 0.5) is 13.2 Å². The summed E-state index contributed by atoms with van der Waals surface area (Å²) in [6.45, 7) is 4.08. The van der Waals surface area contributed by atoms with Crippen LogP contribution in [-0.2, 0) is 0 Å². The summed E-state index contributed by atoms with van der Waals surface area (Å²) in [6, 6.07) is 0.651. The van der Waals surface area contributed by atoms with Gasteiger partial charge in [-0.2, -0.15) is 0 Å². The third-order valence-electron chi connectivity index (χ3n) is 3.39. The van der Waals surface area contributed by atoms with E-state index in [0.717, 1.165) is 12.8 Å². The number of amides is 1. The zero-order valence-corrected chi connectivity index (χ0v) is 11.6. The molecule has 3 N–H and O–H groups in total. The molecule has 112 valence electrons. The standard InChI is InChI=1S/C14H19F3N2O/c1-3-8(4-2)12(18)7-19-14(20)13-10(16)5-9(15)6-11(13)17/h5-6,8,12H,3-4,7,18H2,1-2H3,(H,19,20). The molecule has 1 unspecified atom stereocenters. The summed E-state index contributed by atoms with van der Waals surface area (Å²) in [4.78, 5) is 11.7. The summed E-state index contributed by atoms with van der Waals surface area (Å²) in [5, 5.41) is 2.38. The quantitative estimate of drug-likeness (QED) is 0.845. The molecule has 0 fully saturated rings. The van der Waals surface area contributed by atoms with Crippen molar-refractivity contribution in [1.82, 2.24) is 5.32 Å². The first-order valence-corrected chi connectivity index (χ1v) is 6.58. The van der Waals surface area contributed by atoms with E-state index in [2.05, 4.69) is 5.32 Å². The monoisotopic (exact) mass is 288 g/mol. The van der Waals surface area contributed by atoms with Crippen LogP contribution in [0, 0.1) is 23.4 Å². The molecule has 6 heteroatoms. The van der Waals surface area contributed by atoms with Crippen molar-refractivity contribution >= 4 is 5.91 Å². The van der Waals surface area contributed by atoms with Gasteiger partial charge in [0.25, 0.3) is 5.91 Å². The molecule has 1 aromatic rings. The third kappa shape index (κ3) is 3.96. The molecule has 0 aromatic heterocycles. The first kappa shape index (κ1) is 16.5. The summed E-state index contributed by atoms with van der Waals surface area (Å²) in [5.41, 5.74) is 5.11. The number of carbonyl (C=O) groups excluding carboxylic acids is 1. The van der Waals surface area contributed by atoms with Crippen LogP contribution in [0.2, 0.25) is 0 Å². The van der Waals surface area contributed by atoms with Crippen molar-refractivity contribution in [1.29, 1.82) is 0 Å². The Morgan fingerprint density at radius 3 is 2.15 bits per heavy atom. The highest BCUT2D eigenvalue weighted by Gasteiger charge is 2.20. The second-order valence-corrected chi connectivity index (χ2v) is 4.69. The molecule has 1 rings (SSSR count). The van der Waals surface area contributed by atoms with Gasteiger partial charge in [0.05, 0.1) is 0 Å². The molecule has 3 nitrogen and oxygen atoms in total. The highest BCUT2D eigenvalue weighted by Crippen LogP contribution is 2.15. The van der Waals surface area contributed by atoms with E-state index in [4.69, 9.17) is 5.73 Å². The molecule has 0 aliphatic carbocycles. The van der Waals surface area contributed by atoms with E-state index in [1.165, 1.54) is 0 Å². The first-order chi connectivity index (χ1) is 9.40. The molecular weight excluding hydrogens is 269 g/mol. The Labute approximate surface area is 116 Å². The van der Waals surface area contributed by atoms with Crippen LogP contribution < -0.4 is 11.1 Å². The SMILES string of the molecule is CCC(CC)C(N)CNC(=O)c1c(F)cc(F)cc1F. The van der Waals surface area contributed by atoms with Gasteiger partial charge in [-0.05, 0) is 5.92 Å². The van der Waals surface area contributed by atoms with Gasteiger partial charge >= 0.3 is 0 Å². The predicted molar refractivity (Wildman–Crippen MR) is 70.7 cm³/mol. The average molecular weight is 288 g/mol. The van der Waals surface area contributed by atoms with Crippen molar-refractivity contribution in [2.24, 2.45) is 11.7 Å². The van der Waals surface area contributed by atoms with E-state index < -0.39 is 28.9 Å². The molecule has 1 aromatic carbocycles. The molecule has 0 radical (unpaired) electrons. The minimum Gasteiger partial charge on any atom is -0.350 e. The van der Waals surface area contributed by atoms with Crippen molar-refractivity contribution < 1.29 is 18.0 Å². The Morgan fingerprint density at radius 1 is 1.20 bits per heavy atom. The van der Waals surface area contributed by atoms with E-state index >= 15 is 0 Å². The Morgan fingerprint density at radius 2 is 1.70 bits per heavy atom. The van der Waals surface area contributed by atoms with Crippen LogP contribution >= 0.6 is 0 Å². The number of hydrogen-bond donors (Lipinski definition) is 2. The van der Waals surface area contributed by atoms with Gasteiger partial charge in [0.1, 0.15) is 23.0 Å². The van der Waals surface area contributed by atoms with Crippen LogP contribution in [0.5, 0.6) is 0 Å². The summed E-state index contributed by atoms with van der Waals surface area (Å²) in [7, 11) is 0. The number of halogens is 3. The third-order valence-corrected chi connectivity index (χ3v) is 3.39. The van der Waals surface area contributed by atoms with E-state index in [9.17, 15) is 18.0 Å². The van der Waals surface area contributed by atoms with Crippen molar-refractivity contribution in [2.45, 2.75) is 32.7 Å². The summed E-state index contributed by atoms with van der Waals surface area (Å²) in [6.07, 6.45) is 1.71. The van der Waals surface area contributed by atoms with Crippen molar-refractivity contribution in [2.75, 3.05) is 6.54 Å². The van der Waals surface area contributed by atoms with Crippen molar-refractivity contribution in [3.8, 4) is 0 Å². The molecule has 0 aliphatic heterocycles. The minimum absolute atomic E-state index is 0.113. The van der Waals surface area contributed by atoms with Gasteiger partial charge in [-0.15, -0.1) is 0 Å². The topological polar surface area (TPSA) is 55.1 Å². The molecular formula is C14H19F3N2O. The fourth-order valence-electron chi connectivity index (χ4n) is 2.12. The molecule has 0 heterocycles. The lowest BCUT2D eigenvalue weighted by Crippen LogP contribution is -2.42. The van der Waals surface area contributed by atoms with Gasteiger partial charge in [0, 0.05) is 24.7 Å². The largest absolute Gasteiger partial charge is 0.350 e. The number of hydrogen-bond acceptors (Lipinski definition) is 2. The Kier molecular flexibility index (Phi) is 6.01. The van der Waals surface area contributed by atoms with E-state index in [1.807, 2.05) is 13.8 Å². The number of nitrogens with two attached hydrogens (primary N) is 1. The van der Waals surface area contributed by atoms with E-state index in [0.29, 0.717) is 12.1 Å². The average Bonchev–Trinajstić information content (AvgIpc) is 2.36. The van der Waals surface area contributed by atoms with E-state index in [1.54, 1.807) is 0 Å². The Balaban J connectivity index is 2.73. The van der Waals surface area contributed by atoms with Crippen LogP contribution in [0.3, 0.4) is 0 Å². The fourth-order valence-corrected chi connectivity index (χ4v) is 2.12. The molecule has 0 aliphatic rings. The van der Waals surface area contributed by atoms with Gasteiger partial charge in [0.15, 0.2) is 0 Å². The molecule has 1 atom stereocenters. The molecule has 0 saturated heterocycles. The number of carbonyl (C=O) groups is 1. The van der Waals surface area contributed by atoms with Crippen LogP contribution in [0.1, 0.15) is 37.0 Å². The smallest absolute Gasteiger partial charge is 0.257 e. The van der Waals surface area contributed by atoms with Crippen molar-refractivity contribution in [3.05, 3.63) is 35.1 Å². The fraction of sp³-hybridized carbons (Fsp3) is 0.500. The predicted octanol–water partition coefficient (Wildman–Crippen LogP) is 2.60. The first-order valence-electron chi connectivity index (χ1n) is 6.58.